The molecule has 0 aromatic rings. The topological polar surface area (TPSA) is 134 Å². The molecule has 0 heterocycles. The molecule has 0 spiro atoms. The quantitative estimate of drug-likeness (QED) is 0.0264. The molecule has 0 aliphatic carbocycles. The van der Waals surface area contributed by atoms with Crippen LogP contribution >= 0.6 is 7.82 Å². The zero-order valence-corrected chi connectivity index (χ0v) is 43.2. The van der Waals surface area contributed by atoms with E-state index in [0.717, 1.165) is 89.9 Å². The molecule has 0 bridgehead atoms. The Morgan fingerprint density at radius 2 is 0.776 bits per heavy atom. The lowest BCUT2D eigenvalue weighted by atomic mass is 10.0. The highest BCUT2D eigenvalue weighted by Gasteiger charge is 2.26. The van der Waals surface area contributed by atoms with Crippen LogP contribution in [0, 0.1) is 0 Å². The Hall–Kier alpha value is -3.33. The molecule has 2 atom stereocenters. The Balaban J connectivity index is 4.00. The molecule has 2 unspecified atom stereocenters. The van der Waals surface area contributed by atoms with E-state index in [1.807, 2.05) is 0 Å². The molecule has 0 aromatic carbocycles. The van der Waals surface area contributed by atoms with Gasteiger partial charge in [0.05, 0.1) is 13.2 Å². The van der Waals surface area contributed by atoms with Gasteiger partial charge in [-0.2, -0.15) is 0 Å². The minimum absolute atomic E-state index is 0.0429. The van der Waals surface area contributed by atoms with Gasteiger partial charge in [0.2, 0.25) is 0 Å². The largest absolute Gasteiger partial charge is 0.472 e. The average molecular weight is 954 g/mol. The zero-order valence-electron chi connectivity index (χ0n) is 42.3. The van der Waals surface area contributed by atoms with Crippen molar-refractivity contribution in [3.63, 3.8) is 0 Å². The third-order valence-corrected chi connectivity index (χ3v) is 11.6. The van der Waals surface area contributed by atoms with Crippen LogP contribution in [0.25, 0.3) is 0 Å². The minimum atomic E-state index is -4.40. The van der Waals surface area contributed by atoms with E-state index in [-0.39, 0.29) is 32.6 Å². The summed E-state index contributed by atoms with van der Waals surface area (Å²) in [7, 11) is -4.40. The number of allylic oxidation sites excluding steroid dienone is 18. The van der Waals surface area contributed by atoms with Gasteiger partial charge in [0.25, 0.3) is 0 Å². The van der Waals surface area contributed by atoms with E-state index in [4.69, 9.17) is 24.3 Å². The maximum atomic E-state index is 12.7. The van der Waals surface area contributed by atoms with E-state index in [1.54, 1.807) is 0 Å². The first-order chi connectivity index (χ1) is 32.8. The summed E-state index contributed by atoms with van der Waals surface area (Å²) in [5.41, 5.74) is 5.36. The van der Waals surface area contributed by atoms with E-state index in [0.29, 0.717) is 12.8 Å². The van der Waals surface area contributed by atoms with Gasteiger partial charge in [0, 0.05) is 19.4 Å². The Bertz CT molecular complexity index is 1460. The van der Waals surface area contributed by atoms with Gasteiger partial charge in [-0.3, -0.25) is 18.6 Å². The number of unbranched alkanes of at least 4 members (excludes halogenated alkanes) is 17. The summed E-state index contributed by atoms with van der Waals surface area (Å²) < 4.78 is 32.9. The molecule has 0 saturated carbocycles. The highest BCUT2D eigenvalue weighted by molar-refractivity contribution is 7.47. The molecule has 3 N–H and O–H groups in total. The number of phosphoric acid groups is 1. The molecule has 0 rings (SSSR count). The summed E-state index contributed by atoms with van der Waals surface area (Å²) in [6.45, 7) is 3.45. The van der Waals surface area contributed by atoms with Gasteiger partial charge in [-0.1, -0.05) is 207 Å². The van der Waals surface area contributed by atoms with Crippen LogP contribution in [0.1, 0.15) is 206 Å². The third-order valence-electron chi connectivity index (χ3n) is 10.7. The van der Waals surface area contributed by atoms with Gasteiger partial charge in [0.1, 0.15) is 6.61 Å². The van der Waals surface area contributed by atoms with Crippen LogP contribution in [0.2, 0.25) is 0 Å². The van der Waals surface area contributed by atoms with Gasteiger partial charge >= 0.3 is 19.8 Å². The maximum absolute atomic E-state index is 12.7. The van der Waals surface area contributed by atoms with Crippen molar-refractivity contribution in [1.29, 1.82) is 0 Å². The molecule has 9 nitrogen and oxygen atoms in total. The Morgan fingerprint density at radius 3 is 1.18 bits per heavy atom. The molecule has 0 aliphatic heterocycles. The van der Waals surface area contributed by atoms with Crippen molar-refractivity contribution in [1.82, 2.24) is 0 Å². The van der Waals surface area contributed by atoms with Gasteiger partial charge < -0.3 is 20.1 Å². The second-order valence-corrected chi connectivity index (χ2v) is 18.4. The van der Waals surface area contributed by atoms with Crippen LogP contribution in [0.3, 0.4) is 0 Å². The standard InChI is InChI=1S/C57H96NO8P/c1-3-5-7-9-11-13-15-17-19-20-21-22-23-24-25-26-27-28-29-30-31-32-33-34-36-38-40-42-44-46-48-50-57(60)66-55(54-65-67(61,62)64-52-51-58)53-63-56(59)49-47-45-43-41-39-37-35-18-16-14-12-10-8-6-4-2/h5-8,11-14,17-19,21-22,24-25,35,39,41,55H,3-4,9-10,15-16,20,23,26-34,36-38,40,42-54,58H2,1-2H3,(H,61,62)/b7-5-,8-6-,13-11-,14-12-,19-17-,22-21-,25-24-,35-18-,41-39-. The van der Waals surface area contributed by atoms with E-state index in [1.165, 1.54) is 77.0 Å². The summed E-state index contributed by atoms with van der Waals surface area (Å²) in [6.07, 6.45) is 70.0. The van der Waals surface area contributed by atoms with Crippen LogP contribution in [-0.4, -0.2) is 49.3 Å². The highest BCUT2D eigenvalue weighted by atomic mass is 31.2. The lowest BCUT2D eigenvalue weighted by Gasteiger charge is -2.19. The first-order valence-corrected chi connectivity index (χ1v) is 27.9. The summed E-state index contributed by atoms with van der Waals surface area (Å²) >= 11 is 0. The molecule has 0 fully saturated rings. The monoisotopic (exact) mass is 954 g/mol. The van der Waals surface area contributed by atoms with Crippen molar-refractivity contribution >= 4 is 19.8 Å². The molecule has 0 radical (unpaired) electrons. The molecule has 67 heavy (non-hydrogen) atoms. The molecule has 0 saturated heterocycles. The number of hydrogen-bond acceptors (Lipinski definition) is 8. The predicted molar refractivity (Wildman–Crippen MR) is 284 cm³/mol. The van der Waals surface area contributed by atoms with Crippen LogP contribution in [0.5, 0.6) is 0 Å². The fraction of sp³-hybridized carbons (Fsp3) is 0.649. The Labute approximate surface area is 409 Å². The lowest BCUT2D eigenvalue weighted by Crippen LogP contribution is -2.29. The van der Waals surface area contributed by atoms with Crippen molar-refractivity contribution in [2.45, 2.75) is 213 Å². The summed E-state index contributed by atoms with van der Waals surface area (Å²) in [5.74, 6) is -0.882. The Kier molecular flexibility index (Phi) is 49.5. The molecule has 382 valence electrons. The molecule has 10 heteroatoms. The third kappa shape index (κ3) is 51.9. The first-order valence-electron chi connectivity index (χ1n) is 26.4. The number of carbonyl (C=O) groups is 2. The fourth-order valence-electron chi connectivity index (χ4n) is 6.83. The van der Waals surface area contributed by atoms with Gasteiger partial charge in [-0.05, 0) is 96.3 Å². The molecule has 0 aromatic heterocycles. The van der Waals surface area contributed by atoms with E-state index >= 15 is 0 Å². The van der Waals surface area contributed by atoms with Crippen molar-refractivity contribution in [2.24, 2.45) is 5.73 Å². The second kappa shape index (κ2) is 52.0. The van der Waals surface area contributed by atoms with Gasteiger partial charge in [-0.25, -0.2) is 4.57 Å². The van der Waals surface area contributed by atoms with Crippen molar-refractivity contribution in [3.05, 3.63) is 109 Å². The first kappa shape index (κ1) is 63.7. The number of phosphoric ester groups is 1. The number of carbonyl (C=O) groups excluding carboxylic acids is 2. The Morgan fingerprint density at radius 1 is 0.448 bits per heavy atom. The molecular weight excluding hydrogens is 858 g/mol. The summed E-state index contributed by atoms with van der Waals surface area (Å²) in [5, 5.41) is 0. The zero-order chi connectivity index (χ0) is 48.8. The van der Waals surface area contributed by atoms with Gasteiger partial charge in [-0.15, -0.1) is 0 Å². The highest BCUT2D eigenvalue weighted by Crippen LogP contribution is 2.43. The van der Waals surface area contributed by atoms with E-state index in [9.17, 15) is 19.0 Å². The number of rotatable bonds is 48. The average Bonchev–Trinajstić information content (AvgIpc) is 3.32. The van der Waals surface area contributed by atoms with Crippen LogP contribution < -0.4 is 5.73 Å². The van der Waals surface area contributed by atoms with Crippen LogP contribution in [0.4, 0.5) is 0 Å². The number of hydrogen-bond donors (Lipinski definition) is 2. The number of nitrogens with two attached hydrogens (primary N) is 1. The maximum Gasteiger partial charge on any atom is 0.472 e. The van der Waals surface area contributed by atoms with Crippen molar-refractivity contribution in [3.8, 4) is 0 Å². The summed E-state index contributed by atoms with van der Waals surface area (Å²) in [6, 6.07) is 0. The normalized spacial score (nSPS) is 14.0. The predicted octanol–water partition coefficient (Wildman–Crippen LogP) is 16.3. The molecular formula is C57H96NO8P. The fourth-order valence-corrected chi connectivity index (χ4v) is 7.59. The van der Waals surface area contributed by atoms with E-state index < -0.39 is 32.5 Å². The number of ether oxygens (including phenoxy) is 2. The lowest BCUT2D eigenvalue weighted by molar-refractivity contribution is -0.161. The summed E-state index contributed by atoms with van der Waals surface area (Å²) in [4.78, 5) is 35.0. The second-order valence-electron chi connectivity index (χ2n) is 17.0. The minimum Gasteiger partial charge on any atom is -0.462 e. The van der Waals surface area contributed by atoms with Crippen molar-refractivity contribution < 1.29 is 37.6 Å². The number of esters is 2. The molecule has 0 aliphatic rings. The van der Waals surface area contributed by atoms with E-state index in [2.05, 4.69) is 123 Å². The SMILES string of the molecule is CC/C=C\C/C=C\C/C=C\C/C=C\C/C=C\CCCCCCCCCCCCCCCCCC(=O)OC(COC(=O)CCCC/C=C\C/C=C\C/C=C\C/C=C\CC)COP(=O)(O)OCCN. The van der Waals surface area contributed by atoms with Crippen LogP contribution in [-0.2, 0) is 32.7 Å². The smallest absolute Gasteiger partial charge is 0.462 e. The van der Waals surface area contributed by atoms with Crippen LogP contribution in [0.15, 0.2) is 109 Å². The van der Waals surface area contributed by atoms with Crippen molar-refractivity contribution in [2.75, 3.05) is 26.4 Å². The molecule has 0 amide bonds. The van der Waals surface area contributed by atoms with Gasteiger partial charge in [0.15, 0.2) is 6.10 Å².